The second-order valence-corrected chi connectivity index (χ2v) is 25.1. The molecule has 0 aliphatic carbocycles. The van der Waals surface area contributed by atoms with Crippen LogP contribution in [0.25, 0.3) is 0 Å². The predicted octanol–water partition coefficient (Wildman–Crippen LogP) is 16.2. The highest BCUT2D eigenvalue weighted by Gasteiger charge is 2.30. The lowest BCUT2D eigenvalue weighted by atomic mass is 10.0. The zero-order valence-corrected chi connectivity index (χ0v) is 52.3. The summed E-state index contributed by atoms with van der Waals surface area (Å²) < 4.78 is 67.5. The van der Waals surface area contributed by atoms with Gasteiger partial charge in [0.15, 0.2) is 12.2 Å². The molecule has 0 saturated carbocycles. The van der Waals surface area contributed by atoms with Crippen LogP contribution in [-0.2, 0) is 65.4 Å². The number of aliphatic hydroxyl groups excluding tert-OH is 1. The first kappa shape index (κ1) is 77.1. The zero-order chi connectivity index (χ0) is 58.5. The lowest BCUT2D eigenvalue weighted by molar-refractivity contribution is -0.161. The van der Waals surface area contributed by atoms with Crippen molar-refractivity contribution in [1.29, 1.82) is 0 Å². The SMILES string of the molecule is CCCCCCCCCCC(=O)OC[C@H](COP(=O)(O)OC[C@@H](O)COP(=O)(O)OC[C@@H](COC(=O)CCCCCCC)OC(=O)CCCCCCCCCC)OC(=O)CCCCCCCCCCCCCCCCCC(C)C. The number of rotatable bonds is 60. The fourth-order valence-electron chi connectivity index (χ4n) is 8.88. The van der Waals surface area contributed by atoms with E-state index in [4.69, 9.17) is 37.0 Å². The van der Waals surface area contributed by atoms with E-state index < -0.39 is 97.5 Å². The Bertz CT molecular complexity index is 1550. The molecule has 0 aromatic carbocycles. The van der Waals surface area contributed by atoms with Crippen molar-refractivity contribution >= 4 is 39.5 Å². The van der Waals surface area contributed by atoms with Crippen molar-refractivity contribution in [2.24, 2.45) is 5.92 Å². The Morgan fingerprint density at radius 3 is 0.861 bits per heavy atom. The van der Waals surface area contributed by atoms with Crippen LogP contribution in [0.3, 0.4) is 0 Å². The molecule has 0 rings (SSSR count). The average molecular weight is 1170 g/mol. The molecule has 5 atom stereocenters. The fourth-order valence-corrected chi connectivity index (χ4v) is 10.5. The quantitative estimate of drug-likeness (QED) is 0.0222. The molecule has 0 aromatic rings. The molecular formula is C60H116O17P2. The molecule has 0 aliphatic rings. The first-order chi connectivity index (χ1) is 38.0. The minimum Gasteiger partial charge on any atom is -0.462 e. The predicted molar refractivity (Wildman–Crippen MR) is 312 cm³/mol. The van der Waals surface area contributed by atoms with E-state index in [0.717, 1.165) is 115 Å². The first-order valence-corrected chi connectivity index (χ1v) is 34.6. The van der Waals surface area contributed by atoms with Crippen LogP contribution in [0.15, 0.2) is 0 Å². The van der Waals surface area contributed by atoms with E-state index in [1.165, 1.54) is 103 Å². The van der Waals surface area contributed by atoms with Crippen molar-refractivity contribution in [3.8, 4) is 0 Å². The zero-order valence-electron chi connectivity index (χ0n) is 50.5. The maximum atomic E-state index is 12.9. The van der Waals surface area contributed by atoms with Gasteiger partial charge < -0.3 is 33.8 Å². The van der Waals surface area contributed by atoms with Gasteiger partial charge >= 0.3 is 39.5 Å². The largest absolute Gasteiger partial charge is 0.472 e. The summed E-state index contributed by atoms with van der Waals surface area (Å²) in [6.45, 7) is 7.05. The molecule has 0 radical (unpaired) electrons. The number of unbranched alkanes of at least 4 members (excludes halogenated alkanes) is 32. The van der Waals surface area contributed by atoms with Crippen molar-refractivity contribution in [2.75, 3.05) is 39.6 Å². The molecule has 0 amide bonds. The van der Waals surface area contributed by atoms with E-state index in [1.54, 1.807) is 0 Å². The maximum absolute atomic E-state index is 12.9. The van der Waals surface area contributed by atoms with Gasteiger partial charge in [-0.2, -0.15) is 0 Å². The molecule has 17 nitrogen and oxygen atoms in total. The van der Waals surface area contributed by atoms with E-state index in [9.17, 15) is 43.2 Å². The number of hydrogen-bond donors (Lipinski definition) is 3. The number of carbonyl (C=O) groups is 4. The molecule has 3 N–H and O–H groups in total. The van der Waals surface area contributed by atoms with Gasteiger partial charge in [0.1, 0.15) is 19.3 Å². The van der Waals surface area contributed by atoms with Gasteiger partial charge in [0.05, 0.1) is 26.4 Å². The number of phosphoric acid groups is 2. The smallest absolute Gasteiger partial charge is 0.462 e. The number of ether oxygens (including phenoxy) is 4. The third-order valence-corrected chi connectivity index (χ3v) is 15.7. The average Bonchev–Trinajstić information content (AvgIpc) is 3.41. The molecular weight excluding hydrogens is 1050 g/mol. The molecule has 79 heavy (non-hydrogen) atoms. The maximum Gasteiger partial charge on any atom is 0.472 e. The summed E-state index contributed by atoms with van der Waals surface area (Å²) >= 11 is 0. The second kappa shape index (κ2) is 54.0. The molecule has 0 aliphatic heterocycles. The number of phosphoric ester groups is 2. The molecule has 2 unspecified atom stereocenters. The monoisotopic (exact) mass is 1170 g/mol. The van der Waals surface area contributed by atoms with E-state index in [0.29, 0.717) is 25.7 Å². The van der Waals surface area contributed by atoms with Crippen LogP contribution in [0.4, 0.5) is 0 Å². The van der Waals surface area contributed by atoms with Gasteiger partial charge in [0.25, 0.3) is 0 Å². The van der Waals surface area contributed by atoms with E-state index in [-0.39, 0.29) is 25.7 Å². The number of hydrogen-bond acceptors (Lipinski definition) is 15. The van der Waals surface area contributed by atoms with Crippen molar-refractivity contribution < 1.29 is 80.2 Å². The Labute approximate surface area is 479 Å². The van der Waals surface area contributed by atoms with Gasteiger partial charge in [0.2, 0.25) is 0 Å². The Hall–Kier alpha value is -1.94. The molecule has 0 bridgehead atoms. The van der Waals surface area contributed by atoms with Crippen molar-refractivity contribution in [3.63, 3.8) is 0 Å². The van der Waals surface area contributed by atoms with Crippen LogP contribution in [0.1, 0.15) is 298 Å². The van der Waals surface area contributed by atoms with E-state index in [1.807, 2.05) is 0 Å². The topological polar surface area (TPSA) is 237 Å². The van der Waals surface area contributed by atoms with Crippen LogP contribution >= 0.6 is 15.6 Å². The Morgan fingerprint density at radius 2 is 0.582 bits per heavy atom. The van der Waals surface area contributed by atoms with Crippen LogP contribution in [0.2, 0.25) is 0 Å². The summed E-state index contributed by atoms with van der Waals surface area (Å²) in [4.78, 5) is 71.6. The first-order valence-electron chi connectivity index (χ1n) is 31.6. The van der Waals surface area contributed by atoms with Crippen LogP contribution in [0.5, 0.6) is 0 Å². The number of aliphatic hydroxyl groups is 1. The van der Waals surface area contributed by atoms with Gasteiger partial charge in [-0.3, -0.25) is 37.3 Å². The second-order valence-electron chi connectivity index (χ2n) is 22.2. The Kier molecular flexibility index (Phi) is 52.7. The summed E-state index contributed by atoms with van der Waals surface area (Å²) in [5.74, 6) is -1.35. The number of esters is 4. The van der Waals surface area contributed by atoms with E-state index in [2.05, 4.69) is 34.6 Å². The van der Waals surface area contributed by atoms with Crippen molar-refractivity contribution in [1.82, 2.24) is 0 Å². The normalized spacial score (nSPS) is 14.3. The molecule has 0 aromatic heterocycles. The molecule has 0 spiro atoms. The van der Waals surface area contributed by atoms with Gasteiger partial charge in [0, 0.05) is 25.7 Å². The van der Waals surface area contributed by atoms with Crippen LogP contribution < -0.4 is 0 Å². The molecule has 468 valence electrons. The fraction of sp³-hybridized carbons (Fsp3) is 0.933. The highest BCUT2D eigenvalue weighted by atomic mass is 31.2. The summed E-state index contributed by atoms with van der Waals surface area (Å²) in [7, 11) is -9.86. The van der Waals surface area contributed by atoms with Gasteiger partial charge in [-0.15, -0.1) is 0 Å². The van der Waals surface area contributed by atoms with E-state index >= 15 is 0 Å². The van der Waals surface area contributed by atoms with Gasteiger partial charge in [-0.25, -0.2) is 9.13 Å². The lowest BCUT2D eigenvalue weighted by Gasteiger charge is -2.21. The molecule has 0 fully saturated rings. The lowest BCUT2D eigenvalue weighted by Crippen LogP contribution is -2.30. The minimum absolute atomic E-state index is 0.104. The standard InChI is InChI=1S/C60H116O17P2/c1-6-9-12-15-17-29-34-39-44-58(63)71-50-56(77-60(65)46-41-36-31-27-25-23-21-19-20-22-24-26-28-33-37-42-53(4)5)52-75-79(68,69)73-48-54(61)47-72-78(66,67)74-51-55(49-70-57(62)43-38-32-14-11-8-3)76-59(64)45-40-35-30-18-16-13-10-7-2/h53-56,61H,6-52H2,1-5H3,(H,66,67)(H,68,69)/t54-,55+,56+/m0/s1. The number of carbonyl (C=O) groups excluding carboxylic acids is 4. The molecule has 0 heterocycles. The highest BCUT2D eigenvalue weighted by Crippen LogP contribution is 2.45. The van der Waals surface area contributed by atoms with Crippen LogP contribution in [-0.4, -0.2) is 96.7 Å². The summed E-state index contributed by atoms with van der Waals surface area (Å²) in [5, 5.41) is 10.5. The highest BCUT2D eigenvalue weighted by molar-refractivity contribution is 7.47. The molecule has 0 saturated heterocycles. The summed E-state index contributed by atoms with van der Waals surface area (Å²) in [5.41, 5.74) is 0. The third kappa shape index (κ3) is 55.0. The third-order valence-electron chi connectivity index (χ3n) is 13.8. The Morgan fingerprint density at radius 1 is 0.342 bits per heavy atom. The van der Waals surface area contributed by atoms with Crippen molar-refractivity contribution in [2.45, 2.75) is 316 Å². The minimum atomic E-state index is -4.94. The summed E-state index contributed by atoms with van der Waals surface area (Å²) in [6, 6.07) is 0. The van der Waals surface area contributed by atoms with Crippen molar-refractivity contribution in [3.05, 3.63) is 0 Å². The Balaban J connectivity index is 5.08. The van der Waals surface area contributed by atoms with Crippen LogP contribution in [0, 0.1) is 5.92 Å². The molecule has 19 heteroatoms. The van der Waals surface area contributed by atoms with Gasteiger partial charge in [-0.05, 0) is 31.6 Å². The van der Waals surface area contributed by atoms with Gasteiger partial charge in [-0.1, -0.05) is 247 Å². The summed E-state index contributed by atoms with van der Waals surface area (Å²) in [6.07, 6.45) is 36.7.